The molecule has 1 N–H and O–H groups in total. The van der Waals surface area contributed by atoms with Gasteiger partial charge in [-0.05, 0) is 37.5 Å². The average Bonchev–Trinajstić information content (AvgIpc) is 2.88. The second-order valence-electron chi connectivity index (χ2n) is 8.87. The Bertz CT molecular complexity index is 1010. The number of aromatic amines is 1. The molecular formula is C25H35N5O4. The number of aryl methyl sites for hydroxylation is 1. The van der Waals surface area contributed by atoms with Gasteiger partial charge in [0.05, 0.1) is 20.3 Å². The fourth-order valence-corrected chi connectivity index (χ4v) is 4.51. The van der Waals surface area contributed by atoms with E-state index in [-0.39, 0.29) is 11.5 Å². The lowest BCUT2D eigenvalue weighted by Gasteiger charge is -2.34. The van der Waals surface area contributed by atoms with Crippen LogP contribution in [-0.2, 0) is 22.4 Å². The van der Waals surface area contributed by atoms with Crippen LogP contribution in [0.4, 0.5) is 5.95 Å². The number of H-pyrrole nitrogens is 1. The Kier molecular flexibility index (Phi) is 8.18. The number of nitrogens with one attached hydrogen (secondary N) is 1. The zero-order valence-corrected chi connectivity index (χ0v) is 20.2. The maximum Gasteiger partial charge on any atom is 0.255 e. The van der Waals surface area contributed by atoms with Crippen LogP contribution in [0.1, 0.15) is 23.2 Å². The van der Waals surface area contributed by atoms with E-state index in [0.717, 1.165) is 44.9 Å². The second kappa shape index (κ2) is 11.5. The van der Waals surface area contributed by atoms with E-state index in [1.54, 1.807) is 7.11 Å². The monoisotopic (exact) mass is 469 g/mol. The van der Waals surface area contributed by atoms with Crippen LogP contribution in [0, 0.1) is 6.92 Å². The Morgan fingerprint density at radius 2 is 1.76 bits per heavy atom. The van der Waals surface area contributed by atoms with E-state index in [2.05, 4.69) is 27.0 Å². The minimum absolute atomic E-state index is 0.103. The highest BCUT2D eigenvalue weighted by molar-refractivity contribution is 5.76. The van der Waals surface area contributed by atoms with Crippen LogP contribution >= 0.6 is 0 Å². The molecule has 0 bridgehead atoms. The normalized spacial score (nSPS) is 17.1. The van der Waals surface area contributed by atoms with Crippen LogP contribution in [0.25, 0.3) is 0 Å². The van der Waals surface area contributed by atoms with Crippen LogP contribution in [0.5, 0.6) is 5.75 Å². The first kappa shape index (κ1) is 24.2. The summed E-state index contributed by atoms with van der Waals surface area (Å²) in [5.41, 5.74) is 2.43. The number of benzene rings is 1. The standard InChI is InChI=1S/C25H35N5O4/c1-19-22(24(32)27-25(26-19)30-15-17-34-18-16-30)7-8-23(31)29-13-11-28(12-14-29)10-9-20-3-5-21(33-2)6-4-20/h3-6H,7-18H2,1-2H3,(H,26,27,32). The first-order valence-corrected chi connectivity index (χ1v) is 12.1. The minimum Gasteiger partial charge on any atom is -0.497 e. The highest BCUT2D eigenvalue weighted by Crippen LogP contribution is 2.14. The number of nitrogens with zero attached hydrogens (tertiary/aromatic N) is 4. The van der Waals surface area contributed by atoms with Gasteiger partial charge < -0.3 is 19.3 Å². The van der Waals surface area contributed by atoms with Crippen LogP contribution < -0.4 is 15.2 Å². The van der Waals surface area contributed by atoms with Crippen molar-refractivity contribution in [2.45, 2.75) is 26.2 Å². The smallest absolute Gasteiger partial charge is 0.255 e. The van der Waals surface area contributed by atoms with Gasteiger partial charge in [-0.25, -0.2) is 4.98 Å². The maximum absolute atomic E-state index is 12.8. The van der Waals surface area contributed by atoms with Gasteiger partial charge in [-0.2, -0.15) is 0 Å². The molecule has 0 radical (unpaired) electrons. The molecule has 9 heteroatoms. The molecule has 9 nitrogen and oxygen atoms in total. The highest BCUT2D eigenvalue weighted by atomic mass is 16.5. The Balaban J connectivity index is 1.23. The summed E-state index contributed by atoms with van der Waals surface area (Å²) in [5, 5.41) is 0. The highest BCUT2D eigenvalue weighted by Gasteiger charge is 2.22. The number of carbonyl (C=O) groups is 1. The number of methoxy groups -OCH3 is 1. The summed E-state index contributed by atoms with van der Waals surface area (Å²) >= 11 is 0. The molecule has 2 aromatic rings. The number of piperazine rings is 1. The topological polar surface area (TPSA) is 91.0 Å². The summed E-state index contributed by atoms with van der Waals surface area (Å²) in [7, 11) is 1.67. The summed E-state index contributed by atoms with van der Waals surface area (Å²) < 4.78 is 10.6. The summed E-state index contributed by atoms with van der Waals surface area (Å²) in [5.74, 6) is 1.56. The molecule has 3 heterocycles. The van der Waals surface area contributed by atoms with Crippen molar-refractivity contribution in [1.29, 1.82) is 0 Å². The molecule has 1 aromatic heterocycles. The van der Waals surface area contributed by atoms with Crippen molar-refractivity contribution in [3.8, 4) is 5.75 Å². The van der Waals surface area contributed by atoms with Crippen LogP contribution in [0.3, 0.4) is 0 Å². The van der Waals surface area contributed by atoms with Gasteiger partial charge in [-0.1, -0.05) is 12.1 Å². The predicted octanol–water partition coefficient (Wildman–Crippen LogP) is 1.24. The summed E-state index contributed by atoms with van der Waals surface area (Å²) in [4.78, 5) is 39.3. The number of hydrogen-bond acceptors (Lipinski definition) is 7. The molecule has 2 aliphatic heterocycles. The van der Waals surface area contributed by atoms with Crippen molar-refractivity contribution in [3.63, 3.8) is 0 Å². The molecule has 2 fully saturated rings. The molecule has 0 saturated carbocycles. The molecule has 1 aromatic carbocycles. The molecule has 34 heavy (non-hydrogen) atoms. The number of hydrogen-bond donors (Lipinski definition) is 1. The molecule has 0 unspecified atom stereocenters. The van der Waals surface area contributed by atoms with Crippen LogP contribution in [0.2, 0.25) is 0 Å². The van der Waals surface area contributed by atoms with Crippen molar-refractivity contribution in [2.24, 2.45) is 0 Å². The SMILES string of the molecule is COc1ccc(CCN2CCN(C(=O)CCc3c(C)nc(N4CCOCC4)[nH]c3=O)CC2)cc1. The summed E-state index contributed by atoms with van der Waals surface area (Å²) in [6.07, 6.45) is 1.72. The number of ether oxygens (including phenoxy) is 2. The molecular weight excluding hydrogens is 434 g/mol. The van der Waals surface area contributed by atoms with Gasteiger partial charge in [0.2, 0.25) is 11.9 Å². The number of anilines is 1. The van der Waals surface area contributed by atoms with E-state index in [0.29, 0.717) is 56.4 Å². The van der Waals surface area contributed by atoms with Gasteiger partial charge in [0.25, 0.3) is 5.56 Å². The van der Waals surface area contributed by atoms with Crippen LogP contribution in [0.15, 0.2) is 29.1 Å². The van der Waals surface area contributed by atoms with Gasteiger partial charge in [0.15, 0.2) is 0 Å². The van der Waals surface area contributed by atoms with E-state index in [1.165, 1.54) is 5.56 Å². The lowest BCUT2D eigenvalue weighted by atomic mass is 10.1. The number of morpholine rings is 1. The summed E-state index contributed by atoms with van der Waals surface area (Å²) in [6, 6.07) is 8.18. The van der Waals surface area contributed by atoms with Gasteiger partial charge in [0, 0.05) is 63.5 Å². The Morgan fingerprint density at radius 1 is 1.06 bits per heavy atom. The van der Waals surface area contributed by atoms with Crippen molar-refractivity contribution < 1.29 is 14.3 Å². The molecule has 0 spiro atoms. The molecule has 4 rings (SSSR count). The predicted molar refractivity (Wildman–Crippen MR) is 131 cm³/mol. The average molecular weight is 470 g/mol. The minimum atomic E-state index is -0.148. The zero-order valence-electron chi connectivity index (χ0n) is 20.2. The van der Waals surface area contributed by atoms with E-state index in [4.69, 9.17) is 9.47 Å². The fraction of sp³-hybridized carbons (Fsp3) is 0.560. The first-order chi connectivity index (χ1) is 16.5. The first-order valence-electron chi connectivity index (χ1n) is 12.1. The molecule has 2 saturated heterocycles. The van der Waals surface area contributed by atoms with Gasteiger partial charge in [-0.15, -0.1) is 0 Å². The third-order valence-corrected chi connectivity index (χ3v) is 6.71. The fourth-order valence-electron chi connectivity index (χ4n) is 4.51. The maximum atomic E-state index is 12.8. The van der Waals surface area contributed by atoms with Gasteiger partial charge in [0.1, 0.15) is 5.75 Å². The Labute approximate surface area is 200 Å². The lowest BCUT2D eigenvalue weighted by molar-refractivity contribution is -0.132. The number of aromatic nitrogens is 2. The molecule has 0 atom stereocenters. The van der Waals surface area contributed by atoms with Crippen molar-refractivity contribution in [1.82, 2.24) is 19.8 Å². The Morgan fingerprint density at radius 3 is 2.41 bits per heavy atom. The third-order valence-electron chi connectivity index (χ3n) is 6.71. The molecule has 0 aliphatic carbocycles. The Hall–Kier alpha value is -2.91. The molecule has 2 aliphatic rings. The largest absolute Gasteiger partial charge is 0.497 e. The van der Waals surface area contributed by atoms with E-state index < -0.39 is 0 Å². The van der Waals surface area contributed by atoms with Crippen molar-refractivity contribution in [3.05, 3.63) is 51.4 Å². The zero-order chi connectivity index (χ0) is 23.9. The third kappa shape index (κ3) is 6.15. The van der Waals surface area contributed by atoms with Crippen molar-refractivity contribution in [2.75, 3.05) is 71.0 Å². The molecule has 1 amide bonds. The van der Waals surface area contributed by atoms with Crippen molar-refractivity contribution >= 4 is 11.9 Å². The quantitative estimate of drug-likeness (QED) is 0.622. The van der Waals surface area contributed by atoms with Gasteiger partial charge in [-0.3, -0.25) is 19.5 Å². The lowest BCUT2D eigenvalue weighted by Crippen LogP contribution is -2.49. The van der Waals surface area contributed by atoms with E-state index in [9.17, 15) is 9.59 Å². The molecule has 184 valence electrons. The second-order valence-corrected chi connectivity index (χ2v) is 8.87. The summed E-state index contributed by atoms with van der Waals surface area (Å²) in [6.45, 7) is 8.72. The van der Waals surface area contributed by atoms with Gasteiger partial charge >= 0.3 is 0 Å². The van der Waals surface area contributed by atoms with E-state index in [1.807, 2.05) is 28.9 Å². The van der Waals surface area contributed by atoms with E-state index >= 15 is 0 Å². The van der Waals surface area contributed by atoms with Crippen LogP contribution in [-0.4, -0.2) is 91.8 Å². The number of rotatable bonds is 8. The number of carbonyl (C=O) groups excluding carboxylic acids is 1. The number of amides is 1.